The SMILES string of the molecule is COC(=O)Cc1ccc(N2C(=O)C(=O)/C(=C(/O)c3cc(C(C)(C)C)ccc3C)C2c2cccc(OC)c2)cc1. The van der Waals surface area contributed by atoms with Gasteiger partial charge in [-0.3, -0.25) is 19.3 Å². The summed E-state index contributed by atoms with van der Waals surface area (Å²) in [4.78, 5) is 40.2. The number of hydrogen-bond acceptors (Lipinski definition) is 6. The number of anilines is 1. The van der Waals surface area contributed by atoms with E-state index in [-0.39, 0.29) is 29.1 Å². The lowest BCUT2D eigenvalue weighted by molar-refractivity contribution is -0.139. The number of hydrogen-bond donors (Lipinski definition) is 1. The number of esters is 1. The molecule has 3 aromatic carbocycles. The van der Waals surface area contributed by atoms with E-state index in [9.17, 15) is 19.5 Å². The molecule has 1 aliphatic rings. The number of carbonyl (C=O) groups excluding carboxylic acids is 3. The summed E-state index contributed by atoms with van der Waals surface area (Å²) in [5, 5.41) is 11.7. The molecule has 1 fully saturated rings. The van der Waals surface area contributed by atoms with Gasteiger partial charge in [0.2, 0.25) is 0 Å². The highest BCUT2D eigenvalue weighted by molar-refractivity contribution is 6.51. The second-order valence-corrected chi connectivity index (χ2v) is 10.6. The first-order valence-corrected chi connectivity index (χ1v) is 12.7. The summed E-state index contributed by atoms with van der Waals surface area (Å²) in [5.41, 5.74) is 3.85. The highest BCUT2D eigenvalue weighted by Crippen LogP contribution is 2.43. The minimum atomic E-state index is -0.899. The van der Waals surface area contributed by atoms with Gasteiger partial charge in [0.25, 0.3) is 11.7 Å². The summed E-state index contributed by atoms with van der Waals surface area (Å²) in [6.07, 6.45) is 0.0817. The number of aliphatic hydroxyl groups excluding tert-OH is 1. The molecule has 0 aliphatic carbocycles. The maximum atomic E-state index is 13.6. The van der Waals surface area contributed by atoms with Crippen molar-refractivity contribution >= 4 is 29.1 Å². The van der Waals surface area contributed by atoms with E-state index < -0.39 is 17.7 Å². The summed E-state index contributed by atoms with van der Waals surface area (Å²) in [6, 6.07) is 18.8. The number of ketones is 1. The van der Waals surface area contributed by atoms with Crippen molar-refractivity contribution in [3.63, 3.8) is 0 Å². The third kappa shape index (κ3) is 5.43. The number of carbonyl (C=O) groups is 3. The predicted molar refractivity (Wildman–Crippen MR) is 150 cm³/mol. The van der Waals surface area contributed by atoms with E-state index in [0.717, 1.165) is 11.1 Å². The van der Waals surface area contributed by atoms with Crippen molar-refractivity contribution in [1.82, 2.24) is 0 Å². The van der Waals surface area contributed by atoms with Crippen molar-refractivity contribution in [3.8, 4) is 5.75 Å². The van der Waals surface area contributed by atoms with Gasteiger partial charge in [-0.1, -0.05) is 57.2 Å². The number of Topliss-reactive ketones (excluding diaryl/α,β-unsaturated/α-hetero) is 1. The van der Waals surface area contributed by atoms with Crippen molar-refractivity contribution in [2.45, 2.75) is 45.6 Å². The van der Waals surface area contributed by atoms with Crippen LogP contribution in [0.2, 0.25) is 0 Å². The maximum absolute atomic E-state index is 13.6. The molecular formula is C32H33NO6. The molecule has 1 amide bonds. The number of aryl methyl sites for hydroxylation is 1. The zero-order chi connectivity index (χ0) is 28.5. The second kappa shape index (κ2) is 10.8. The first kappa shape index (κ1) is 27.6. The van der Waals surface area contributed by atoms with Crippen LogP contribution in [0.1, 0.15) is 54.6 Å². The van der Waals surface area contributed by atoms with Gasteiger partial charge in [-0.05, 0) is 64.9 Å². The van der Waals surface area contributed by atoms with Gasteiger partial charge in [-0.2, -0.15) is 0 Å². The molecule has 0 spiro atoms. The Morgan fingerprint density at radius 2 is 1.67 bits per heavy atom. The van der Waals surface area contributed by atoms with Gasteiger partial charge in [0, 0.05) is 11.3 Å². The summed E-state index contributed by atoms with van der Waals surface area (Å²) in [5.74, 6) is -1.59. The Morgan fingerprint density at radius 3 is 2.28 bits per heavy atom. The van der Waals surface area contributed by atoms with Gasteiger partial charge in [0.1, 0.15) is 11.5 Å². The van der Waals surface area contributed by atoms with E-state index in [0.29, 0.717) is 28.1 Å². The van der Waals surface area contributed by atoms with Gasteiger partial charge >= 0.3 is 5.97 Å². The fraction of sp³-hybridized carbons (Fsp3) is 0.281. The number of ether oxygens (including phenoxy) is 2. The Balaban J connectivity index is 1.91. The first-order chi connectivity index (χ1) is 18.5. The van der Waals surface area contributed by atoms with Crippen molar-refractivity contribution in [2.24, 2.45) is 0 Å². The molecule has 0 bridgehead atoms. The van der Waals surface area contributed by atoms with E-state index in [1.54, 1.807) is 48.5 Å². The molecule has 202 valence electrons. The van der Waals surface area contributed by atoms with Crippen molar-refractivity contribution in [1.29, 1.82) is 0 Å². The molecule has 1 heterocycles. The smallest absolute Gasteiger partial charge is 0.309 e. The van der Waals surface area contributed by atoms with E-state index in [2.05, 4.69) is 20.8 Å². The zero-order valence-corrected chi connectivity index (χ0v) is 23.1. The van der Waals surface area contributed by atoms with Crippen molar-refractivity contribution in [2.75, 3.05) is 19.1 Å². The molecule has 0 saturated carbocycles. The Labute approximate surface area is 228 Å². The fourth-order valence-corrected chi connectivity index (χ4v) is 4.73. The lowest BCUT2D eigenvalue weighted by Crippen LogP contribution is -2.29. The molecule has 0 radical (unpaired) electrons. The largest absolute Gasteiger partial charge is 0.507 e. The van der Waals surface area contributed by atoms with Crippen LogP contribution >= 0.6 is 0 Å². The summed E-state index contributed by atoms with van der Waals surface area (Å²) in [7, 11) is 2.86. The fourth-order valence-electron chi connectivity index (χ4n) is 4.73. The second-order valence-electron chi connectivity index (χ2n) is 10.6. The highest BCUT2D eigenvalue weighted by atomic mass is 16.5. The van der Waals surface area contributed by atoms with Crippen LogP contribution in [0.15, 0.2) is 72.3 Å². The van der Waals surface area contributed by atoms with Crippen molar-refractivity contribution < 1.29 is 29.0 Å². The Bertz CT molecular complexity index is 1460. The molecule has 7 heteroatoms. The number of amides is 1. The molecule has 1 N–H and O–H groups in total. The Kier molecular flexibility index (Phi) is 7.63. The number of nitrogens with zero attached hydrogens (tertiary/aromatic N) is 1. The summed E-state index contributed by atoms with van der Waals surface area (Å²) >= 11 is 0. The van der Waals surface area contributed by atoms with Crippen LogP contribution in [0, 0.1) is 6.92 Å². The van der Waals surface area contributed by atoms with Gasteiger partial charge in [0.15, 0.2) is 0 Å². The van der Waals surface area contributed by atoms with E-state index in [1.807, 2.05) is 25.1 Å². The number of methoxy groups -OCH3 is 2. The van der Waals surface area contributed by atoms with Crippen LogP contribution in [0.3, 0.4) is 0 Å². The zero-order valence-electron chi connectivity index (χ0n) is 23.1. The summed E-state index contributed by atoms with van der Waals surface area (Å²) in [6.45, 7) is 8.07. The molecule has 3 aromatic rings. The molecule has 1 aliphatic heterocycles. The molecule has 7 nitrogen and oxygen atoms in total. The van der Waals surface area contributed by atoms with Gasteiger partial charge < -0.3 is 14.6 Å². The third-order valence-electron chi connectivity index (χ3n) is 7.00. The van der Waals surface area contributed by atoms with Gasteiger partial charge in [0.05, 0.1) is 32.3 Å². The topological polar surface area (TPSA) is 93.1 Å². The van der Waals surface area contributed by atoms with E-state index in [1.165, 1.54) is 19.1 Å². The molecular weight excluding hydrogens is 494 g/mol. The average Bonchev–Trinajstić information content (AvgIpc) is 3.18. The Hall–Kier alpha value is -4.39. The first-order valence-electron chi connectivity index (χ1n) is 12.7. The average molecular weight is 528 g/mol. The predicted octanol–water partition coefficient (Wildman–Crippen LogP) is 5.64. The Morgan fingerprint density at radius 1 is 0.974 bits per heavy atom. The number of aliphatic hydroxyl groups is 1. The van der Waals surface area contributed by atoms with Crippen LogP contribution in [0.5, 0.6) is 5.75 Å². The molecule has 1 unspecified atom stereocenters. The van der Waals surface area contributed by atoms with Crippen LogP contribution in [-0.2, 0) is 31.0 Å². The minimum absolute atomic E-state index is 0.000972. The standard InChI is InChI=1S/C32H33NO6/c1-19-10-13-22(32(2,3)4)18-25(19)29(35)27-28(21-8-7-9-24(17-21)38-5)33(31(37)30(27)36)23-14-11-20(12-15-23)16-26(34)39-6/h7-15,17-18,28,35H,16H2,1-6H3/b29-27+. The third-order valence-corrected chi connectivity index (χ3v) is 7.00. The van der Waals surface area contributed by atoms with E-state index >= 15 is 0 Å². The molecule has 39 heavy (non-hydrogen) atoms. The van der Waals surface area contributed by atoms with Crippen molar-refractivity contribution in [3.05, 3.63) is 100 Å². The normalized spacial score (nSPS) is 16.9. The molecule has 4 rings (SSSR count). The van der Waals surface area contributed by atoms with Gasteiger partial charge in [-0.15, -0.1) is 0 Å². The van der Waals surface area contributed by atoms with Crippen LogP contribution in [0.4, 0.5) is 5.69 Å². The van der Waals surface area contributed by atoms with Crippen LogP contribution in [-0.4, -0.2) is 37.0 Å². The lowest BCUT2D eigenvalue weighted by Gasteiger charge is -2.26. The molecule has 0 aromatic heterocycles. The molecule has 1 atom stereocenters. The quantitative estimate of drug-likeness (QED) is 0.193. The minimum Gasteiger partial charge on any atom is -0.507 e. The number of rotatable bonds is 6. The van der Waals surface area contributed by atoms with Crippen LogP contribution < -0.4 is 9.64 Å². The molecule has 1 saturated heterocycles. The van der Waals surface area contributed by atoms with Gasteiger partial charge in [-0.25, -0.2) is 0 Å². The maximum Gasteiger partial charge on any atom is 0.309 e. The monoisotopic (exact) mass is 527 g/mol. The van der Waals surface area contributed by atoms with Crippen LogP contribution in [0.25, 0.3) is 5.76 Å². The summed E-state index contributed by atoms with van der Waals surface area (Å²) < 4.78 is 10.2. The van der Waals surface area contributed by atoms with E-state index in [4.69, 9.17) is 9.47 Å². The lowest BCUT2D eigenvalue weighted by atomic mass is 9.84. The number of benzene rings is 3. The highest BCUT2D eigenvalue weighted by Gasteiger charge is 2.47.